The summed E-state index contributed by atoms with van der Waals surface area (Å²) in [7, 11) is 1.14. The molecule has 8 N–H and O–H groups in total. The lowest BCUT2D eigenvalue weighted by Gasteiger charge is -2.39. The molecule has 2 heterocycles. The van der Waals surface area contributed by atoms with Crippen molar-refractivity contribution in [1.29, 1.82) is 0 Å². The first-order valence-electron chi connectivity index (χ1n) is 10.2. The molecule has 0 radical (unpaired) electrons. The van der Waals surface area contributed by atoms with Crippen LogP contribution in [-0.2, 0) is 4.74 Å². The number of benzene rings is 2. The van der Waals surface area contributed by atoms with E-state index in [9.17, 15) is 45.6 Å². The average molecular weight is 494 g/mol. The summed E-state index contributed by atoms with van der Waals surface area (Å²) >= 11 is 0. The Morgan fingerprint density at radius 3 is 2.29 bits per heavy atom. The Kier molecular flexibility index (Phi) is 6.36. The Morgan fingerprint density at radius 1 is 0.943 bits per heavy atom. The molecule has 5 atom stereocenters. The van der Waals surface area contributed by atoms with E-state index in [1.54, 1.807) is 0 Å². The molecule has 3 aromatic rings. The van der Waals surface area contributed by atoms with E-state index < -0.39 is 82.6 Å². The van der Waals surface area contributed by atoms with Crippen molar-refractivity contribution in [3.8, 4) is 45.8 Å². The summed E-state index contributed by atoms with van der Waals surface area (Å²) < 4.78 is 21.5. The summed E-state index contributed by atoms with van der Waals surface area (Å²) in [5.41, 5.74) is -1.35. The molecule has 0 amide bonds. The summed E-state index contributed by atoms with van der Waals surface area (Å²) in [4.78, 5) is 12.8. The van der Waals surface area contributed by atoms with Gasteiger partial charge in [-0.1, -0.05) is 0 Å². The van der Waals surface area contributed by atoms with Gasteiger partial charge in [-0.05, 0) is 18.2 Å². The van der Waals surface area contributed by atoms with Crippen LogP contribution in [0.1, 0.15) is 0 Å². The number of hydrogen-bond donors (Lipinski definition) is 8. The number of phenols is 3. The van der Waals surface area contributed by atoms with E-state index in [1.807, 2.05) is 0 Å². The van der Waals surface area contributed by atoms with E-state index in [0.717, 1.165) is 25.3 Å². The molecule has 1 aromatic heterocycles. The highest BCUT2D eigenvalue weighted by molar-refractivity contribution is 5.91. The molecule has 1 fully saturated rings. The zero-order chi connectivity index (χ0) is 25.6. The van der Waals surface area contributed by atoms with Crippen molar-refractivity contribution in [3.05, 3.63) is 34.5 Å². The number of fused-ring (bicyclic) bond motifs is 1. The van der Waals surface area contributed by atoms with Crippen LogP contribution in [0, 0.1) is 0 Å². The van der Waals surface area contributed by atoms with Crippen molar-refractivity contribution in [3.63, 3.8) is 0 Å². The molecule has 13 nitrogen and oxygen atoms in total. The SMILES string of the molecule is COc1c(O[C@H]2O[C@H](CO)[C@H](O)[C@@H](O)[C@H]2O)cc2oc(-c3ccc(O)c(O)c3)c(O)c(=O)c2c1O. The van der Waals surface area contributed by atoms with Crippen LogP contribution in [0.15, 0.2) is 33.5 Å². The molecule has 1 aliphatic heterocycles. The minimum atomic E-state index is -1.78. The van der Waals surface area contributed by atoms with E-state index in [0.29, 0.717) is 0 Å². The van der Waals surface area contributed by atoms with Crippen LogP contribution in [0.3, 0.4) is 0 Å². The van der Waals surface area contributed by atoms with E-state index in [2.05, 4.69) is 0 Å². The first-order valence-corrected chi connectivity index (χ1v) is 10.2. The van der Waals surface area contributed by atoms with E-state index >= 15 is 0 Å². The summed E-state index contributed by atoms with van der Waals surface area (Å²) in [6.45, 7) is -0.706. The summed E-state index contributed by atoms with van der Waals surface area (Å²) in [5.74, 6) is -3.81. The Hall–Kier alpha value is -3.75. The van der Waals surface area contributed by atoms with Gasteiger partial charge in [-0.25, -0.2) is 0 Å². The molecule has 4 rings (SSSR count). The predicted molar refractivity (Wildman–Crippen MR) is 116 cm³/mol. The van der Waals surface area contributed by atoms with Crippen LogP contribution >= 0.6 is 0 Å². The van der Waals surface area contributed by atoms with Gasteiger partial charge in [0.05, 0.1) is 13.7 Å². The largest absolute Gasteiger partial charge is 0.504 e. The number of aliphatic hydroxyl groups excluding tert-OH is 4. The lowest BCUT2D eigenvalue weighted by atomic mass is 9.99. The molecule has 0 spiro atoms. The van der Waals surface area contributed by atoms with E-state index in [1.165, 1.54) is 6.07 Å². The minimum absolute atomic E-state index is 0.0171. The highest BCUT2D eigenvalue weighted by atomic mass is 16.7. The van der Waals surface area contributed by atoms with Crippen LogP contribution in [0.25, 0.3) is 22.3 Å². The number of aliphatic hydroxyl groups is 4. The van der Waals surface area contributed by atoms with Crippen LogP contribution in [0.5, 0.6) is 34.5 Å². The van der Waals surface area contributed by atoms with Crippen LogP contribution in [-0.4, -0.2) is 85.3 Å². The molecule has 0 unspecified atom stereocenters. The maximum absolute atomic E-state index is 12.8. The Bertz CT molecular complexity index is 1320. The number of aromatic hydroxyl groups is 4. The molecule has 0 saturated carbocycles. The summed E-state index contributed by atoms with van der Waals surface area (Å²) in [5, 5.41) is 79.4. The molecule has 1 aliphatic rings. The topological polar surface area (TPSA) is 220 Å². The summed E-state index contributed by atoms with van der Waals surface area (Å²) in [6.07, 6.45) is -8.07. The van der Waals surface area contributed by atoms with Crippen molar-refractivity contribution < 1.29 is 59.5 Å². The van der Waals surface area contributed by atoms with Gasteiger partial charge in [0, 0.05) is 11.6 Å². The van der Waals surface area contributed by atoms with Gasteiger partial charge >= 0.3 is 0 Å². The van der Waals surface area contributed by atoms with Crippen molar-refractivity contribution in [1.82, 2.24) is 0 Å². The second-order valence-corrected chi connectivity index (χ2v) is 7.76. The number of ether oxygens (including phenoxy) is 3. The van der Waals surface area contributed by atoms with Gasteiger partial charge in [0.15, 0.2) is 28.8 Å². The first-order chi connectivity index (χ1) is 16.6. The second kappa shape index (κ2) is 9.13. The monoisotopic (exact) mass is 494 g/mol. The Morgan fingerprint density at radius 2 is 1.66 bits per heavy atom. The van der Waals surface area contributed by atoms with Crippen molar-refractivity contribution >= 4 is 11.0 Å². The molecular formula is C22H22O13. The third kappa shape index (κ3) is 4.05. The van der Waals surface area contributed by atoms with Crippen molar-refractivity contribution in [2.75, 3.05) is 13.7 Å². The number of methoxy groups -OCH3 is 1. The summed E-state index contributed by atoms with van der Waals surface area (Å²) in [6, 6.07) is 4.48. The number of rotatable bonds is 5. The van der Waals surface area contributed by atoms with Crippen molar-refractivity contribution in [2.45, 2.75) is 30.7 Å². The van der Waals surface area contributed by atoms with E-state index in [-0.39, 0.29) is 16.9 Å². The fraction of sp³-hybridized carbons (Fsp3) is 0.318. The molecule has 35 heavy (non-hydrogen) atoms. The fourth-order valence-corrected chi connectivity index (χ4v) is 3.72. The maximum Gasteiger partial charge on any atom is 0.238 e. The van der Waals surface area contributed by atoms with Gasteiger partial charge in [-0.15, -0.1) is 0 Å². The standard InChI is InChI=1S/C22H22O13/c1-32-21-11(34-22-19(31)17(29)14(26)12(6-23)35-22)5-10-13(16(21)28)15(27)18(30)20(33-10)7-2-3-8(24)9(25)4-7/h2-5,12,14,17,19,22-26,28-31H,6H2,1H3/t12-,14+,17-,19-,22+/m1/s1. The van der Waals surface area contributed by atoms with Crippen LogP contribution < -0.4 is 14.9 Å². The van der Waals surface area contributed by atoms with Gasteiger partial charge in [-0.3, -0.25) is 4.79 Å². The Labute approximate surface area is 195 Å². The molecular weight excluding hydrogens is 472 g/mol. The average Bonchev–Trinajstić information content (AvgIpc) is 2.83. The molecule has 1 saturated heterocycles. The molecule has 0 aliphatic carbocycles. The lowest BCUT2D eigenvalue weighted by Crippen LogP contribution is -2.60. The van der Waals surface area contributed by atoms with Gasteiger partial charge in [0.1, 0.15) is 35.4 Å². The highest BCUT2D eigenvalue weighted by Gasteiger charge is 2.45. The minimum Gasteiger partial charge on any atom is -0.504 e. The number of phenolic OH excluding ortho intramolecular Hbond substituents is 3. The van der Waals surface area contributed by atoms with Gasteiger partial charge in [0.2, 0.25) is 23.2 Å². The molecule has 0 bridgehead atoms. The molecule has 2 aromatic carbocycles. The normalized spacial score (nSPS) is 24.4. The number of hydrogen-bond acceptors (Lipinski definition) is 13. The van der Waals surface area contributed by atoms with Gasteiger partial charge < -0.3 is 59.5 Å². The highest BCUT2D eigenvalue weighted by Crippen LogP contribution is 2.45. The molecule has 188 valence electrons. The predicted octanol–water partition coefficient (Wildman–Crippen LogP) is -0.530. The zero-order valence-corrected chi connectivity index (χ0v) is 18.0. The first kappa shape index (κ1) is 24.4. The fourth-order valence-electron chi connectivity index (χ4n) is 3.72. The van der Waals surface area contributed by atoms with Crippen LogP contribution in [0.4, 0.5) is 0 Å². The maximum atomic E-state index is 12.8. The van der Waals surface area contributed by atoms with Gasteiger partial charge in [-0.2, -0.15) is 0 Å². The lowest BCUT2D eigenvalue weighted by molar-refractivity contribution is -0.277. The van der Waals surface area contributed by atoms with Crippen LogP contribution in [0.2, 0.25) is 0 Å². The molecule has 13 heteroatoms. The Balaban J connectivity index is 1.85. The van der Waals surface area contributed by atoms with Crippen molar-refractivity contribution in [2.24, 2.45) is 0 Å². The van der Waals surface area contributed by atoms with Gasteiger partial charge in [0.25, 0.3) is 0 Å². The quantitative estimate of drug-likeness (QED) is 0.209. The zero-order valence-electron chi connectivity index (χ0n) is 18.0. The smallest absolute Gasteiger partial charge is 0.238 e. The second-order valence-electron chi connectivity index (χ2n) is 7.76. The third-order valence-electron chi connectivity index (χ3n) is 5.59. The third-order valence-corrected chi connectivity index (χ3v) is 5.59. The van der Waals surface area contributed by atoms with E-state index in [4.69, 9.17) is 18.6 Å².